The van der Waals surface area contributed by atoms with Gasteiger partial charge in [0.2, 0.25) is 15.9 Å². The van der Waals surface area contributed by atoms with Gasteiger partial charge >= 0.3 is 5.91 Å². The van der Waals surface area contributed by atoms with Crippen LogP contribution >= 0.6 is 0 Å². The minimum absolute atomic E-state index is 0.0166. The Hall–Kier alpha value is -1.97. The lowest BCUT2D eigenvalue weighted by Crippen LogP contribution is -2.37. The van der Waals surface area contributed by atoms with Gasteiger partial charge in [0, 0.05) is 18.9 Å². The maximum absolute atomic E-state index is 12.3. The van der Waals surface area contributed by atoms with Crippen molar-refractivity contribution in [3.63, 3.8) is 0 Å². The summed E-state index contributed by atoms with van der Waals surface area (Å²) in [5.74, 6) is -3.16. The molecular weight excluding hydrogens is 422 g/mol. The van der Waals surface area contributed by atoms with Crippen LogP contribution in [-0.4, -0.2) is 48.0 Å². The molecule has 0 radical (unpaired) electrons. The highest BCUT2D eigenvalue weighted by molar-refractivity contribution is 7.88. The van der Waals surface area contributed by atoms with Crippen LogP contribution in [0.4, 0.5) is 0 Å². The molecule has 31 heavy (non-hydrogen) atoms. The van der Waals surface area contributed by atoms with Crippen LogP contribution in [-0.2, 0) is 14.8 Å². The quantitative estimate of drug-likeness (QED) is 0.553. The molecule has 1 aliphatic carbocycles. The third kappa shape index (κ3) is 6.27. The molecule has 1 aromatic rings. The van der Waals surface area contributed by atoms with Crippen molar-refractivity contribution in [3.8, 4) is 0 Å². The number of carbonyl (C=O) groups is 2. The van der Waals surface area contributed by atoms with Gasteiger partial charge in [-0.1, -0.05) is 51.6 Å². The first-order chi connectivity index (χ1) is 14.3. The Morgan fingerprint density at radius 2 is 1.84 bits per heavy atom. The summed E-state index contributed by atoms with van der Waals surface area (Å²) in [4.78, 5) is 27.6. The highest BCUT2D eigenvalue weighted by Crippen LogP contribution is 2.53. The lowest BCUT2D eigenvalue weighted by atomic mass is 9.57. The monoisotopic (exact) mass is 456 g/mol. The van der Waals surface area contributed by atoms with Crippen molar-refractivity contribution < 1.29 is 27.6 Å². The van der Waals surface area contributed by atoms with Crippen molar-refractivity contribution in [1.82, 2.24) is 14.4 Å². The topological polar surface area (TPSA) is 134 Å². The number of aliphatic carboxylic acids is 1. The molecule has 1 aromatic heterocycles. The van der Waals surface area contributed by atoms with E-state index in [0.29, 0.717) is 10.7 Å². The predicted molar refractivity (Wildman–Crippen MR) is 112 cm³/mol. The second-order valence-corrected chi connectivity index (χ2v) is 11.8. The number of amides is 1. The second kappa shape index (κ2) is 9.67. The fourth-order valence-electron chi connectivity index (χ4n) is 4.58. The maximum atomic E-state index is 12.3. The molecule has 0 saturated heterocycles. The number of carboxylic acids is 1. The zero-order valence-electron chi connectivity index (χ0n) is 19.1. The van der Waals surface area contributed by atoms with Crippen molar-refractivity contribution in [2.24, 2.45) is 10.8 Å². The summed E-state index contributed by atoms with van der Waals surface area (Å²) in [6, 6.07) is 0. The van der Waals surface area contributed by atoms with Crippen LogP contribution in [0, 0.1) is 10.8 Å². The average molecular weight is 457 g/mol. The SMILES string of the molecule is CN(C(=O)c1noc(C(CCCC2(C(C)(C)C)CCCCC2)CC(=O)[O-])n1)S(C)(=O)=O. The summed E-state index contributed by atoms with van der Waals surface area (Å²) in [5, 5.41) is 14.9. The molecule has 1 atom stereocenters. The van der Waals surface area contributed by atoms with E-state index in [-0.39, 0.29) is 23.1 Å². The van der Waals surface area contributed by atoms with Crippen LogP contribution in [0.1, 0.15) is 101 Å². The van der Waals surface area contributed by atoms with Crippen molar-refractivity contribution in [3.05, 3.63) is 11.7 Å². The summed E-state index contributed by atoms with van der Waals surface area (Å²) in [5.41, 5.74) is 0.364. The molecular formula is C21H34N3O6S-. The first kappa shape index (κ1) is 25.3. The third-order valence-corrected chi connectivity index (χ3v) is 7.95. The molecule has 176 valence electrons. The Kier molecular flexibility index (Phi) is 7.89. The van der Waals surface area contributed by atoms with E-state index in [1.165, 1.54) is 32.1 Å². The molecule has 0 N–H and O–H groups in total. The molecule has 10 heteroatoms. The standard InChI is InChI=1S/C21H35N3O6S/c1-20(2,3)21(11-7-6-8-12-21)13-9-10-15(14-16(25)26)18-22-17(23-30-18)19(27)24(4)31(5,28)29/h15H,6-14H2,1-5H3,(H,25,26)/p-1. The van der Waals surface area contributed by atoms with Gasteiger partial charge in [0.1, 0.15) is 0 Å². The minimum atomic E-state index is -3.77. The van der Waals surface area contributed by atoms with Crippen LogP contribution < -0.4 is 5.11 Å². The Balaban J connectivity index is 2.13. The predicted octanol–water partition coefficient (Wildman–Crippen LogP) is 2.49. The van der Waals surface area contributed by atoms with Gasteiger partial charge in [-0.2, -0.15) is 4.98 Å². The number of rotatable bonds is 9. The van der Waals surface area contributed by atoms with Crippen LogP contribution in [0.2, 0.25) is 0 Å². The van der Waals surface area contributed by atoms with Gasteiger partial charge in [-0.15, -0.1) is 0 Å². The number of carbonyl (C=O) groups excluding carboxylic acids is 2. The summed E-state index contributed by atoms with van der Waals surface area (Å²) in [6.45, 7) is 6.81. The van der Waals surface area contributed by atoms with Gasteiger partial charge in [0.25, 0.3) is 5.82 Å². The normalized spacial score (nSPS) is 17.8. The maximum Gasteiger partial charge on any atom is 0.308 e. The van der Waals surface area contributed by atoms with Crippen molar-refractivity contribution in [2.45, 2.75) is 84.5 Å². The van der Waals surface area contributed by atoms with Crippen molar-refractivity contribution >= 4 is 21.9 Å². The highest BCUT2D eigenvalue weighted by Gasteiger charge is 2.42. The third-order valence-electron chi connectivity index (χ3n) is 6.79. The van der Waals surface area contributed by atoms with Gasteiger partial charge in [-0.05, 0) is 42.9 Å². The molecule has 1 aliphatic rings. The van der Waals surface area contributed by atoms with E-state index in [1.54, 1.807) is 0 Å². The Morgan fingerprint density at radius 3 is 2.35 bits per heavy atom. The first-order valence-electron chi connectivity index (χ1n) is 10.8. The van der Waals surface area contributed by atoms with E-state index in [2.05, 4.69) is 30.9 Å². The van der Waals surface area contributed by atoms with Gasteiger partial charge in [-0.3, -0.25) is 4.79 Å². The average Bonchev–Trinajstić information content (AvgIpc) is 3.15. The number of carboxylic acid groups (broad SMARTS) is 1. The van der Waals surface area contributed by atoms with E-state index in [9.17, 15) is 23.1 Å². The number of nitrogens with zero attached hydrogens (tertiary/aromatic N) is 3. The van der Waals surface area contributed by atoms with Crippen molar-refractivity contribution in [1.29, 1.82) is 0 Å². The van der Waals surface area contributed by atoms with E-state index in [0.717, 1.165) is 26.1 Å². The Bertz CT molecular complexity index is 881. The zero-order valence-corrected chi connectivity index (χ0v) is 20.0. The summed E-state index contributed by atoms with van der Waals surface area (Å²) < 4.78 is 28.8. The highest BCUT2D eigenvalue weighted by atomic mass is 32.2. The minimum Gasteiger partial charge on any atom is -0.550 e. The molecule has 0 bridgehead atoms. The van der Waals surface area contributed by atoms with Gasteiger partial charge in [0.15, 0.2) is 0 Å². The molecule has 2 rings (SSSR count). The molecule has 1 heterocycles. The van der Waals surface area contributed by atoms with Crippen LogP contribution in [0.25, 0.3) is 0 Å². The van der Waals surface area contributed by atoms with E-state index in [1.807, 2.05) is 0 Å². The van der Waals surface area contributed by atoms with E-state index >= 15 is 0 Å². The largest absolute Gasteiger partial charge is 0.550 e. The van der Waals surface area contributed by atoms with Gasteiger partial charge < -0.3 is 14.4 Å². The van der Waals surface area contributed by atoms with Crippen LogP contribution in [0.5, 0.6) is 0 Å². The van der Waals surface area contributed by atoms with Gasteiger partial charge in [-0.25, -0.2) is 12.7 Å². The van der Waals surface area contributed by atoms with Crippen LogP contribution in [0.3, 0.4) is 0 Å². The number of hydrogen-bond donors (Lipinski definition) is 0. The number of hydrogen-bond acceptors (Lipinski definition) is 8. The lowest BCUT2D eigenvalue weighted by molar-refractivity contribution is -0.306. The molecule has 0 aliphatic heterocycles. The van der Waals surface area contributed by atoms with Crippen LogP contribution in [0.15, 0.2) is 4.52 Å². The summed E-state index contributed by atoms with van der Waals surface area (Å²) in [7, 11) is -2.67. The lowest BCUT2D eigenvalue weighted by Gasteiger charge is -2.48. The number of aromatic nitrogens is 2. The Morgan fingerprint density at radius 1 is 1.23 bits per heavy atom. The summed E-state index contributed by atoms with van der Waals surface area (Å²) >= 11 is 0. The Labute approximate surface area is 184 Å². The van der Waals surface area contributed by atoms with E-state index in [4.69, 9.17) is 4.52 Å². The molecule has 1 fully saturated rings. The summed E-state index contributed by atoms with van der Waals surface area (Å²) in [6.07, 6.45) is 8.85. The molecule has 1 amide bonds. The van der Waals surface area contributed by atoms with Crippen molar-refractivity contribution in [2.75, 3.05) is 13.3 Å². The molecule has 1 saturated carbocycles. The zero-order chi connectivity index (χ0) is 23.4. The second-order valence-electron chi connectivity index (χ2n) is 9.75. The van der Waals surface area contributed by atoms with E-state index < -0.39 is 33.6 Å². The first-order valence-corrected chi connectivity index (χ1v) is 12.6. The number of sulfonamides is 1. The fourth-order valence-corrected chi connectivity index (χ4v) is 4.97. The molecule has 9 nitrogen and oxygen atoms in total. The molecule has 0 aromatic carbocycles. The molecule has 1 unspecified atom stereocenters. The van der Waals surface area contributed by atoms with Gasteiger partial charge in [0.05, 0.1) is 6.26 Å². The molecule has 0 spiro atoms. The smallest absolute Gasteiger partial charge is 0.308 e. The fraction of sp³-hybridized carbons (Fsp3) is 0.810.